The van der Waals surface area contributed by atoms with Gasteiger partial charge >= 0.3 is 6.03 Å². The molecule has 1 aromatic heterocycles. The second-order valence-electron chi connectivity index (χ2n) is 8.57. The van der Waals surface area contributed by atoms with E-state index in [1.54, 1.807) is 48.7 Å². The zero-order chi connectivity index (χ0) is 28.4. The number of benzene rings is 3. The number of aliphatic imine (C=N–C) groups is 1. The Morgan fingerprint density at radius 1 is 1.07 bits per heavy atom. The molecule has 2 amide bonds. The van der Waals surface area contributed by atoms with Gasteiger partial charge in [0.2, 0.25) is 5.95 Å². The number of rotatable bonds is 6. The fourth-order valence-electron chi connectivity index (χ4n) is 4.36. The zero-order valence-electron chi connectivity index (χ0n) is 21.4. The van der Waals surface area contributed by atoms with Crippen LogP contribution in [0.4, 0.5) is 26.5 Å². The first-order valence-electron chi connectivity index (χ1n) is 11.9. The number of nitrogens with one attached hydrogen (secondary N) is 2. The molecule has 0 spiro atoms. The van der Waals surface area contributed by atoms with Crippen molar-refractivity contribution in [2.45, 2.75) is 6.54 Å². The maximum absolute atomic E-state index is 15.1. The highest BCUT2D eigenvalue weighted by atomic mass is 35.5. The predicted molar refractivity (Wildman–Crippen MR) is 150 cm³/mol. The van der Waals surface area contributed by atoms with Crippen molar-refractivity contribution in [1.82, 2.24) is 15.4 Å². The lowest BCUT2D eigenvalue weighted by atomic mass is 9.94. The van der Waals surface area contributed by atoms with Gasteiger partial charge in [-0.05, 0) is 36.4 Å². The Balaban J connectivity index is 1.55. The molecule has 5 rings (SSSR count). The summed E-state index contributed by atoms with van der Waals surface area (Å²) in [6.07, 6.45) is 1.66. The molecule has 13 heteroatoms. The maximum Gasteiger partial charge on any atom is 0.350 e. The molecule has 40 heavy (non-hydrogen) atoms. The average molecular weight is 563 g/mol. The molecule has 11 nitrogen and oxygen atoms in total. The van der Waals surface area contributed by atoms with Crippen LogP contribution in [-0.2, 0) is 6.54 Å². The number of hydrogen-bond donors (Lipinski definition) is 4. The first-order chi connectivity index (χ1) is 19.3. The van der Waals surface area contributed by atoms with Crippen LogP contribution in [0.2, 0.25) is 5.02 Å². The van der Waals surface area contributed by atoms with E-state index in [0.717, 1.165) is 10.6 Å². The first-order valence-corrected chi connectivity index (χ1v) is 12.3. The molecule has 6 N–H and O–H groups in total. The number of urea groups is 1. The van der Waals surface area contributed by atoms with Crippen molar-refractivity contribution in [3.63, 3.8) is 0 Å². The molecular weight excluding hydrogens is 539 g/mol. The van der Waals surface area contributed by atoms with Crippen LogP contribution in [0.25, 0.3) is 11.3 Å². The van der Waals surface area contributed by atoms with E-state index in [4.69, 9.17) is 42.7 Å². The molecule has 1 aliphatic heterocycles. The monoisotopic (exact) mass is 562 g/mol. The molecule has 0 saturated carbocycles. The highest BCUT2D eigenvalue weighted by Crippen LogP contribution is 2.37. The number of methoxy groups -OCH3 is 2. The number of amides is 2. The Hall–Kier alpha value is -4.78. The number of nitrogens with two attached hydrogens (primary N) is 2. The van der Waals surface area contributed by atoms with Gasteiger partial charge in [0.15, 0.2) is 0 Å². The number of halogens is 2. The minimum Gasteiger partial charge on any atom is -0.496 e. The van der Waals surface area contributed by atoms with Crippen LogP contribution >= 0.6 is 11.6 Å². The Kier molecular flexibility index (Phi) is 7.47. The quantitative estimate of drug-likeness (QED) is 0.154. The van der Waals surface area contributed by atoms with Crippen molar-refractivity contribution in [3.8, 4) is 22.8 Å². The Bertz CT molecular complexity index is 1650. The number of aromatic nitrogens is 2. The van der Waals surface area contributed by atoms with E-state index in [-0.39, 0.29) is 23.7 Å². The highest BCUT2D eigenvalue weighted by Gasteiger charge is 2.25. The van der Waals surface area contributed by atoms with Gasteiger partial charge in [-0.15, -0.1) is 0 Å². The molecule has 2 heterocycles. The minimum absolute atomic E-state index is 0.201. The van der Waals surface area contributed by atoms with Crippen LogP contribution in [0.15, 0.2) is 65.8 Å². The van der Waals surface area contributed by atoms with Crippen molar-refractivity contribution in [3.05, 3.63) is 88.3 Å². The molecule has 1 aliphatic rings. The largest absolute Gasteiger partial charge is 0.496 e. The predicted octanol–water partition coefficient (Wildman–Crippen LogP) is 4.31. The van der Waals surface area contributed by atoms with Crippen molar-refractivity contribution >= 4 is 40.7 Å². The molecule has 0 saturated heterocycles. The molecule has 3 aromatic carbocycles. The molecule has 0 bridgehead atoms. The van der Waals surface area contributed by atoms with Gasteiger partial charge in [0, 0.05) is 39.7 Å². The lowest BCUT2D eigenvalue weighted by Crippen LogP contribution is -2.47. The molecule has 0 unspecified atom stereocenters. The fourth-order valence-corrected chi connectivity index (χ4v) is 4.54. The van der Waals surface area contributed by atoms with Gasteiger partial charge < -0.3 is 14.8 Å². The summed E-state index contributed by atoms with van der Waals surface area (Å²) < 4.78 is 26.0. The summed E-state index contributed by atoms with van der Waals surface area (Å²) in [5.41, 5.74) is 6.10. The van der Waals surface area contributed by atoms with Crippen LogP contribution in [-0.4, -0.2) is 35.9 Å². The summed E-state index contributed by atoms with van der Waals surface area (Å²) in [5, 5.41) is 4.43. The summed E-state index contributed by atoms with van der Waals surface area (Å²) in [5.74, 6) is 11.5. The van der Waals surface area contributed by atoms with Gasteiger partial charge in [-0.1, -0.05) is 23.7 Å². The molecular formula is C27H24ClFN8O3. The topological polar surface area (TPSA) is 153 Å². The third-order valence-electron chi connectivity index (χ3n) is 6.23. The van der Waals surface area contributed by atoms with Crippen LogP contribution in [0.5, 0.6) is 11.5 Å². The van der Waals surface area contributed by atoms with Gasteiger partial charge in [0.05, 0.1) is 37.7 Å². The summed E-state index contributed by atoms with van der Waals surface area (Å²) in [6.45, 7) is 0.201. The van der Waals surface area contributed by atoms with E-state index in [0.29, 0.717) is 44.7 Å². The third kappa shape index (κ3) is 4.98. The lowest BCUT2D eigenvalue weighted by Gasteiger charge is -2.19. The SMILES string of the molecule is COc1cc(Nc2ncc3c(n2)-c2ccc(Cl)cc2C(c2c(F)cccc2OC)=NC3)ccc1N(N)C(=O)NN. The van der Waals surface area contributed by atoms with E-state index < -0.39 is 11.8 Å². The van der Waals surface area contributed by atoms with Crippen LogP contribution < -0.4 is 36.9 Å². The molecule has 0 radical (unpaired) electrons. The number of hydrazine groups is 2. The molecule has 0 fully saturated rings. The van der Waals surface area contributed by atoms with Crippen molar-refractivity contribution in [2.24, 2.45) is 16.7 Å². The van der Waals surface area contributed by atoms with E-state index >= 15 is 4.39 Å². The fraction of sp³-hybridized carbons (Fsp3) is 0.111. The molecule has 0 atom stereocenters. The number of nitrogens with zero attached hydrogens (tertiary/aromatic N) is 4. The van der Waals surface area contributed by atoms with Crippen molar-refractivity contribution < 1.29 is 18.7 Å². The van der Waals surface area contributed by atoms with Gasteiger partial charge in [-0.25, -0.2) is 35.8 Å². The zero-order valence-corrected chi connectivity index (χ0v) is 22.2. The normalized spacial score (nSPS) is 11.9. The summed E-state index contributed by atoms with van der Waals surface area (Å²) in [7, 11) is 2.92. The van der Waals surface area contributed by atoms with Gasteiger partial charge in [0.25, 0.3) is 0 Å². The standard InChI is InChI=1S/C27H24ClFN8O3/c1-39-21-5-3-4-19(29)23(21)25-18-10-15(28)6-8-17(18)24-14(12-32-25)13-33-26(35-24)34-16-7-9-20(22(11-16)40-2)37(31)27(38)36-30/h3-11,13H,12,30-31H2,1-2H3,(H,36,38)(H,33,34,35). The van der Waals surface area contributed by atoms with Crippen molar-refractivity contribution in [1.29, 1.82) is 0 Å². The molecule has 204 valence electrons. The maximum atomic E-state index is 15.1. The summed E-state index contributed by atoms with van der Waals surface area (Å²) >= 11 is 6.37. The minimum atomic E-state index is -0.721. The lowest BCUT2D eigenvalue weighted by molar-refractivity contribution is 0.246. The third-order valence-corrected chi connectivity index (χ3v) is 6.47. The van der Waals surface area contributed by atoms with Crippen LogP contribution in [0, 0.1) is 5.82 Å². The number of fused-ring (bicyclic) bond motifs is 3. The van der Waals surface area contributed by atoms with Crippen LogP contribution in [0.3, 0.4) is 0 Å². The number of hydrogen-bond acceptors (Lipinski definition) is 9. The summed E-state index contributed by atoms with van der Waals surface area (Å²) in [6, 6.07) is 14.1. The van der Waals surface area contributed by atoms with E-state index in [9.17, 15) is 4.79 Å². The second-order valence-corrected chi connectivity index (χ2v) is 9.01. The first kappa shape index (κ1) is 26.8. The number of ether oxygens (including phenoxy) is 2. The number of anilines is 3. The van der Waals surface area contributed by atoms with E-state index in [2.05, 4.69) is 10.3 Å². The van der Waals surface area contributed by atoms with Gasteiger partial charge in [-0.2, -0.15) is 0 Å². The average Bonchev–Trinajstić information content (AvgIpc) is 3.12. The van der Waals surface area contributed by atoms with Crippen LogP contribution in [0.1, 0.15) is 16.7 Å². The molecule has 4 aromatic rings. The Morgan fingerprint density at radius 2 is 1.88 bits per heavy atom. The highest BCUT2D eigenvalue weighted by molar-refractivity contribution is 6.31. The Morgan fingerprint density at radius 3 is 2.62 bits per heavy atom. The van der Waals surface area contributed by atoms with E-state index in [1.807, 2.05) is 11.5 Å². The van der Waals surface area contributed by atoms with Gasteiger partial charge in [0.1, 0.15) is 23.0 Å². The Labute approximate surface area is 233 Å². The van der Waals surface area contributed by atoms with Crippen molar-refractivity contribution in [2.75, 3.05) is 24.5 Å². The number of carbonyl (C=O) groups excluding carboxylic acids is 1. The second kappa shape index (κ2) is 11.1. The number of carbonyl (C=O) groups is 1. The van der Waals surface area contributed by atoms with Gasteiger partial charge in [-0.3, -0.25) is 10.4 Å². The summed E-state index contributed by atoms with van der Waals surface area (Å²) in [4.78, 5) is 25.8. The molecule has 0 aliphatic carbocycles. The smallest absolute Gasteiger partial charge is 0.350 e. The van der Waals surface area contributed by atoms with E-state index in [1.165, 1.54) is 20.3 Å².